The first-order chi connectivity index (χ1) is 20.5. The number of piperidine rings is 2. The van der Waals surface area contributed by atoms with Gasteiger partial charge in [-0.2, -0.15) is 5.10 Å². The topological polar surface area (TPSA) is 113 Å². The highest BCUT2D eigenvalue weighted by Crippen LogP contribution is 2.31. The summed E-state index contributed by atoms with van der Waals surface area (Å²) < 4.78 is 35.0. The van der Waals surface area contributed by atoms with Crippen LogP contribution in [0.25, 0.3) is 11.5 Å². The first-order valence-corrected chi connectivity index (χ1v) is 15.3. The van der Waals surface area contributed by atoms with Gasteiger partial charge >= 0.3 is 0 Å². The van der Waals surface area contributed by atoms with E-state index in [1.807, 2.05) is 6.07 Å². The average molecular weight is 583 g/mol. The largest absolute Gasteiger partial charge is 0.444 e. The lowest BCUT2D eigenvalue weighted by molar-refractivity contribution is 0.102. The first-order valence-electron chi connectivity index (χ1n) is 15.3. The summed E-state index contributed by atoms with van der Waals surface area (Å²) in [5.41, 5.74) is 0.234. The van der Waals surface area contributed by atoms with Crippen LogP contribution >= 0.6 is 0 Å². The van der Waals surface area contributed by atoms with E-state index in [1.165, 1.54) is 51.0 Å². The second-order valence-electron chi connectivity index (χ2n) is 11.9. The number of aromatic nitrogens is 4. The molecule has 2 aliphatic heterocycles. The molecule has 2 saturated heterocycles. The third-order valence-corrected chi connectivity index (χ3v) is 8.70. The van der Waals surface area contributed by atoms with Gasteiger partial charge in [-0.3, -0.25) is 9.48 Å². The zero-order valence-electron chi connectivity index (χ0n) is 23.9. The molecule has 1 saturated carbocycles. The summed E-state index contributed by atoms with van der Waals surface area (Å²) in [6.45, 7) is 6.04. The molecule has 3 aliphatic rings. The number of alkyl halides is 2. The normalized spacial score (nSPS) is 18.9. The molecule has 3 aromatic rings. The Morgan fingerprint density at radius 3 is 2.69 bits per heavy atom. The molecule has 10 nitrogen and oxygen atoms in total. The molecule has 5 heterocycles. The molecule has 3 fully saturated rings. The van der Waals surface area contributed by atoms with Crippen LogP contribution in [-0.4, -0.2) is 69.8 Å². The summed E-state index contributed by atoms with van der Waals surface area (Å²) in [4.78, 5) is 24.1. The van der Waals surface area contributed by atoms with Gasteiger partial charge in [0.1, 0.15) is 12.1 Å². The van der Waals surface area contributed by atoms with Crippen molar-refractivity contribution in [3.05, 3.63) is 42.2 Å². The Bertz CT molecular complexity index is 1330. The standard InChI is InChI=1S/C30H40F2N8O2/c31-28(32)27-24(18-40(38-27)23-8-14-39(15-9-23)13-1-2-20-5-10-33-11-6-20)36-29(41)25-19-42-30(37-25)22-7-12-34-26(16-22)35-17-21-3-4-21/h7,12,16,18-21,23,28,33H,1-6,8-11,13-15,17H2,(H,34,35)(H,36,41). The number of oxazole rings is 1. The molecular weight excluding hydrogens is 542 g/mol. The van der Waals surface area contributed by atoms with Gasteiger partial charge in [0.15, 0.2) is 11.4 Å². The first kappa shape index (κ1) is 28.7. The predicted molar refractivity (Wildman–Crippen MR) is 156 cm³/mol. The molecule has 1 amide bonds. The lowest BCUT2D eigenvalue weighted by Gasteiger charge is -2.32. The van der Waals surface area contributed by atoms with Gasteiger partial charge < -0.3 is 25.3 Å². The summed E-state index contributed by atoms with van der Waals surface area (Å²) in [6.07, 6.45) is 10.7. The van der Waals surface area contributed by atoms with Gasteiger partial charge in [-0.25, -0.2) is 18.7 Å². The van der Waals surface area contributed by atoms with Crippen molar-refractivity contribution in [2.45, 2.75) is 63.8 Å². The van der Waals surface area contributed by atoms with Crippen LogP contribution in [0.2, 0.25) is 0 Å². The number of hydrogen-bond donors (Lipinski definition) is 3. The van der Waals surface area contributed by atoms with E-state index in [-0.39, 0.29) is 23.3 Å². The highest BCUT2D eigenvalue weighted by molar-refractivity contribution is 6.03. The van der Waals surface area contributed by atoms with Crippen LogP contribution in [0.3, 0.4) is 0 Å². The molecule has 3 N–H and O–H groups in total. The average Bonchev–Trinajstić information content (AvgIpc) is 3.53. The molecule has 6 rings (SSSR count). The van der Waals surface area contributed by atoms with Crippen molar-refractivity contribution in [2.75, 3.05) is 49.9 Å². The monoisotopic (exact) mass is 582 g/mol. The fraction of sp³-hybridized carbons (Fsp3) is 0.600. The van der Waals surface area contributed by atoms with Crippen molar-refractivity contribution in [2.24, 2.45) is 11.8 Å². The van der Waals surface area contributed by atoms with Gasteiger partial charge in [-0.15, -0.1) is 0 Å². The summed E-state index contributed by atoms with van der Waals surface area (Å²) in [5.74, 6) is 1.86. The van der Waals surface area contributed by atoms with Crippen molar-refractivity contribution < 1.29 is 18.0 Å². The maximum absolute atomic E-state index is 13.9. The summed E-state index contributed by atoms with van der Waals surface area (Å²) >= 11 is 0. The van der Waals surface area contributed by atoms with Crippen LogP contribution in [0.15, 0.2) is 35.2 Å². The van der Waals surface area contributed by atoms with Gasteiger partial charge in [0.2, 0.25) is 5.89 Å². The van der Waals surface area contributed by atoms with Crippen LogP contribution in [0.4, 0.5) is 20.3 Å². The smallest absolute Gasteiger partial charge is 0.284 e. The van der Waals surface area contributed by atoms with E-state index >= 15 is 0 Å². The second-order valence-corrected chi connectivity index (χ2v) is 11.9. The van der Waals surface area contributed by atoms with Crippen LogP contribution in [-0.2, 0) is 0 Å². The Kier molecular flexibility index (Phi) is 9.09. The fourth-order valence-corrected chi connectivity index (χ4v) is 5.96. The van der Waals surface area contributed by atoms with Crippen molar-refractivity contribution >= 4 is 17.4 Å². The predicted octanol–water partition coefficient (Wildman–Crippen LogP) is 5.36. The number of likely N-dealkylation sites (tertiary alicyclic amines) is 1. The SMILES string of the molecule is O=C(Nc1cn(C2CCN(CCCC3CCNCC3)CC2)nc1C(F)F)c1coc(-c2ccnc(NCC3CC3)c2)n1. The number of carbonyl (C=O) groups is 1. The van der Waals surface area contributed by atoms with E-state index in [0.29, 0.717) is 17.3 Å². The molecule has 0 atom stereocenters. The quantitative estimate of drug-likeness (QED) is 0.262. The van der Waals surface area contributed by atoms with Crippen LogP contribution < -0.4 is 16.0 Å². The summed E-state index contributed by atoms with van der Waals surface area (Å²) in [5, 5.41) is 13.5. The number of nitrogens with zero attached hydrogens (tertiary/aromatic N) is 5. The minimum Gasteiger partial charge on any atom is -0.444 e. The molecule has 0 radical (unpaired) electrons. The van der Waals surface area contributed by atoms with Crippen LogP contribution in [0, 0.1) is 11.8 Å². The van der Waals surface area contributed by atoms with Gasteiger partial charge in [0, 0.05) is 37.6 Å². The van der Waals surface area contributed by atoms with Gasteiger partial charge in [0.05, 0.1) is 11.7 Å². The zero-order chi connectivity index (χ0) is 28.9. The number of anilines is 2. The van der Waals surface area contributed by atoms with Crippen LogP contribution in [0.1, 0.15) is 80.0 Å². The van der Waals surface area contributed by atoms with Gasteiger partial charge in [-0.05, 0) is 95.0 Å². The number of pyridine rings is 1. The highest BCUT2D eigenvalue weighted by Gasteiger charge is 2.27. The molecule has 0 spiro atoms. The van der Waals surface area contributed by atoms with Gasteiger partial charge in [-0.1, -0.05) is 0 Å². The molecule has 226 valence electrons. The Morgan fingerprint density at radius 1 is 1.12 bits per heavy atom. The molecule has 0 aromatic carbocycles. The van der Waals surface area contributed by atoms with E-state index in [4.69, 9.17) is 4.42 Å². The number of rotatable bonds is 12. The number of carbonyl (C=O) groups excluding carboxylic acids is 1. The van der Waals surface area contributed by atoms with E-state index in [2.05, 4.69) is 35.9 Å². The molecule has 0 unspecified atom stereocenters. The maximum atomic E-state index is 13.9. The Balaban J connectivity index is 1.03. The Labute approximate surface area is 244 Å². The lowest BCUT2D eigenvalue weighted by atomic mass is 9.93. The van der Waals surface area contributed by atoms with Crippen molar-refractivity contribution in [3.8, 4) is 11.5 Å². The molecule has 3 aromatic heterocycles. The van der Waals surface area contributed by atoms with E-state index in [9.17, 15) is 13.6 Å². The van der Waals surface area contributed by atoms with Crippen molar-refractivity contribution in [3.63, 3.8) is 0 Å². The Morgan fingerprint density at radius 2 is 1.93 bits per heavy atom. The Hall–Kier alpha value is -3.38. The third kappa shape index (κ3) is 7.33. The summed E-state index contributed by atoms with van der Waals surface area (Å²) in [6, 6.07) is 3.57. The van der Waals surface area contributed by atoms with Gasteiger partial charge in [0.25, 0.3) is 12.3 Å². The molecule has 1 aliphatic carbocycles. The van der Waals surface area contributed by atoms with Crippen molar-refractivity contribution in [1.29, 1.82) is 0 Å². The zero-order valence-corrected chi connectivity index (χ0v) is 23.9. The molecule has 12 heteroatoms. The third-order valence-electron chi connectivity index (χ3n) is 8.70. The molecular formula is C30H40F2N8O2. The minimum atomic E-state index is -2.82. The van der Waals surface area contributed by atoms with Crippen LogP contribution in [0.5, 0.6) is 0 Å². The second kappa shape index (κ2) is 13.3. The van der Waals surface area contributed by atoms with E-state index in [1.54, 1.807) is 16.9 Å². The lowest BCUT2D eigenvalue weighted by Crippen LogP contribution is -2.36. The number of hydrogen-bond acceptors (Lipinski definition) is 8. The van der Waals surface area contributed by atoms with E-state index in [0.717, 1.165) is 58.0 Å². The highest BCUT2D eigenvalue weighted by atomic mass is 19.3. The molecule has 0 bridgehead atoms. The fourth-order valence-electron chi connectivity index (χ4n) is 5.96. The number of halogens is 2. The van der Waals surface area contributed by atoms with Crippen molar-refractivity contribution in [1.82, 2.24) is 30.0 Å². The number of amides is 1. The number of nitrogens with one attached hydrogen (secondary N) is 3. The minimum absolute atomic E-state index is 0.0000612. The maximum Gasteiger partial charge on any atom is 0.284 e. The molecule has 42 heavy (non-hydrogen) atoms. The summed E-state index contributed by atoms with van der Waals surface area (Å²) in [7, 11) is 0. The van der Waals surface area contributed by atoms with E-state index < -0.39 is 18.0 Å².